The smallest absolute Gasteiger partial charge is 0.395 e. The highest BCUT2D eigenvalue weighted by molar-refractivity contribution is 8.18. The molecule has 2 aliphatic rings. The molecule has 1 aromatic heterocycles. The van der Waals surface area contributed by atoms with E-state index in [1.807, 2.05) is 0 Å². The zero-order valence-corrected chi connectivity index (χ0v) is 24.6. The van der Waals surface area contributed by atoms with Gasteiger partial charge in [0.05, 0.1) is 48.4 Å². The molecule has 15 heteroatoms. The highest BCUT2D eigenvalue weighted by Crippen LogP contribution is 2.61. The van der Waals surface area contributed by atoms with E-state index < -0.39 is 86.6 Å². The Morgan fingerprint density at radius 2 is 1.77 bits per heavy atom. The maximum absolute atomic E-state index is 14.3. The molecule has 0 spiro atoms. The second-order valence-corrected chi connectivity index (χ2v) is 14.5. The summed E-state index contributed by atoms with van der Waals surface area (Å²) in [5.74, 6) is -4.79. The second kappa shape index (κ2) is 11.9. The molecular formula is C29H33F6N3O5S. The molecule has 5 rings (SSSR count). The molecule has 2 aliphatic heterocycles. The Kier molecular flexibility index (Phi) is 8.85. The molecule has 2 aromatic carbocycles. The van der Waals surface area contributed by atoms with Crippen LogP contribution in [0.3, 0.4) is 0 Å². The van der Waals surface area contributed by atoms with Crippen LogP contribution in [-0.4, -0.2) is 83.0 Å². The molecule has 242 valence electrons. The summed E-state index contributed by atoms with van der Waals surface area (Å²) < 4.78 is 90.9. The first-order chi connectivity index (χ1) is 20.6. The number of aliphatic hydroxyl groups excluding tert-OH is 3. The summed E-state index contributed by atoms with van der Waals surface area (Å²) in [6.45, 7) is 2.79. The fraction of sp³-hybridized carbons (Fsp3) is 0.517. The lowest BCUT2D eigenvalue weighted by Crippen LogP contribution is -2.55. The van der Waals surface area contributed by atoms with Crippen molar-refractivity contribution < 1.29 is 51.5 Å². The van der Waals surface area contributed by atoms with Crippen LogP contribution in [0, 0.1) is 17.5 Å². The molecule has 0 bridgehead atoms. The number of ether oxygens (including phenoxy) is 1. The minimum atomic E-state index is -4.78. The van der Waals surface area contributed by atoms with Crippen molar-refractivity contribution in [3.05, 3.63) is 71.2 Å². The number of alkyl halides is 3. The van der Waals surface area contributed by atoms with Crippen LogP contribution in [0.25, 0.3) is 11.3 Å². The van der Waals surface area contributed by atoms with Gasteiger partial charge in [0.2, 0.25) is 0 Å². The van der Waals surface area contributed by atoms with Gasteiger partial charge in [-0.15, -0.1) is 5.10 Å². The number of halogens is 6. The van der Waals surface area contributed by atoms with Gasteiger partial charge in [0.15, 0.2) is 17.5 Å². The van der Waals surface area contributed by atoms with Crippen molar-refractivity contribution in [1.29, 1.82) is 0 Å². The van der Waals surface area contributed by atoms with E-state index in [1.54, 1.807) is 13.8 Å². The predicted octanol–water partition coefficient (Wildman–Crippen LogP) is 4.08. The second-order valence-electron chi connectivity index (χ2n) is 12.0. The van der Waals surface area contributed by atoms with Crippen molar-refractivity contribution in [3.63, 3.8) is 0 Å². The van der Waals surface area contributed by atoms with Gasteiger partial charge in [0, 0.05) is 34.7 Å². The molecule has 0 saturated carbocycles. The zero-order chi connectivity index (χ0) is 32.2. The van der Waals surface area contributed by atoms with Gasteiger partial charge in [0.1, 0.15) is 11.7 Å². The number of rotatable bonds is 6. The summed E-state index contributed by atoms with van der Waals surface area (Å²) in [7, 11) is -1.95. The third kappa shape index (κ3) is 6.09. The molecule has 44 heavy (non-hydrogen) atoms. The van der Waals surface area contributed by atoms with E-state index in [9.17, 15) is 46.8 Å². The molecule has 0 aliphatic carbocycles. The standard InChI is InChI=1S/C29H33F6N3O5S/c1-27(2)14-28(42,7-8-43-27)26(16-5-3-4-6-17(16)29(33,34)35)44-13-21(40)24(25(41)22(44)12-39)38-11-20(36-37-38)15-9-18(30)23(32)19(31)10-15/h3-6,9-11,21-22,24-26,39-42,44H,7-8,12-14H2,1-2H3/t21-,22+,24-,25-,26-,28-/m0/s1. The fourth-order valence-electron chi connectivity index (χ4n) is 6.60. The average Bonchev–Trinajstić information content (AvgIpc) is 3.40. The van der Waals surface area contributed by atoms with Crippen molar-refractivity contribution in [2.45, 2.75) is 72.8 Å². The largest absolute Gasteiger partial charge is 0.416 e. The van der Waals surface area contributed by atoms with Crippen LogP contribution in [0.2, 0.25) is 0 Å². The quantitative estimate of drug-likeness (QED) is 0.155. The van der Waals surface area contributed by atoms with Crippen LogP contribution in [0.15, 0.2) is 42.6 Å². The number of thiol groups is 1. The average molecular weight is 650 g/mol. The Bertz CT molecular complexity index is 1480. The monoisotopic (exact) mass is 649 g/mol. The van der Waals surface area contributed by atoms with E-state index in [0.29, 0.717) is 12.1 Å². The number of nitrogens with zero attached hydrogens (tertiary/aromatic N) is 3. The van der Waals surface area contributed by atoms with Gasteiger partial charge in [-0.1, -0.05) is 23.4 Å². The Labute approximate surface area is 251 Å². The Morgan fingerprint density at radius 1 is 1.11 bits per heavy atom. The number of hydrogen-bond acceptors (Lipinski definition) is 7. The van der Waals surface area contributed by atoms with E-state index >= 15 is 0 Å². The first-order valence-corrected chi connectivity index (χ1v) is 15.5. The van der Waals surface area contributed by atoms with Gasteiger partial charge in [-0.3, -0.25) is 0 Å². The molecular weight excluding hydrogens is 616 g/mol. The summed E-state index contributed by atoms with van der Waals surface area (Å²) in [6, 6.07) is 5.00. The molecule has 0 amide bonds. The lowest BCUT2D eigenvalue weighted by atomic mass is 9.79. The van der Waals surface area contributed by atoms with Crippen molar-refractivity contribution in [2.24, 2.45) is 0 Å². The van der Waals surface area contributed by atoms with Crippen LogP contribution >= 0.6 is 10.9 Å². The molecule has 0 radical (unpaired) electrons. The van der Waals surface area contributed by atoms with Gasteiger partial charge in [-0.2, -0.15) is 13.2 Å². The van der Waals surface area contributed by atoms with E-state index in [1.165, 1.54) is 24.4 Å². The van der Waals surface area contributed by atoms with E-state index in [-0.39, 0.29) is 42.0 Å². The molecule has 1 unspecified atom stereocenters. The molecule has 2 fully saturated rings. The first-order valence-electron chi connectivity index (χ1n) is 13.9. The third-order valence-electron chi connectivity index (χ3n) is 8.41. The van der Waals surface area contributed by atoms with Crippen molar-refractivity contribution >= 4 is 10.9 Å². The van der Waals surface area contributed by atoms with Crippen LogP contribution in [0.1, 0.15) is 49.1 Å². The van der Waals surface area contributed by atoms with Crippen LogP contribution in [-0.2, 0) is 10.9 Å². The molecule has 4 N–H and O–H groups in total. The van der Waals surface area contributed by atoms with Crippen LogP contribution < -0.4 is 0 Å². The summed E-state index contributed by atoms with van der Waals surface area (Å²) in [5.41, 5.74) is -4.08. The van der Waals surface area contributed by atoms with Gasteiger partial charge in [-0.25, -0.2) is 28.7 Å². The number of aromatic nitrogens is 3. The molecule has 7 atom stereocenters. The van der Waals surface area contributed by atoms with Gasteiger partial charge < -0.3 is 25.2 Å². The number of aliphatic hydroxyl groups is 4. The normalized spacial score (nSPS) is 30.7. The minimum absolute atomic E-state index is 0.0168. The van der Waals surface area contributed by atoms with Crippen molar-refractivity contribution in [1.82, 2.24) is 15.0 Å². The molecule has 8 nitrogen and oxygen atoms in total. The lowest BCUT2D eigenvalue weighted by Gasteiger charge is -2.54. The summed E-state index contributed by atoms with van der Waals surface area (Å²) >= 11 is 0. The SMILES string of the molecule is CC1(C)C[C@](O)([C@H](c2ccccc2C(F)(F)F)[SH]2C[C@H](O)[C@H](n3cc(-c4cc(F)c(F)c(F)c4)nn3)[C@@H](O)[C@H]2CO)CCO1. The first kappa shape index (κ1) is 32.7. The van der Waals surface area contributed by atoms with E-state index in [0.717, 1.165) is 10.7 Å². The molecule has 2 saturated heterocycles. The maximum Gasteiger partial charge on any atom is 0.416 e. The molecule has 3 heterocycles. The van der Waals surface area contributed by atoms with E-state index in [4.69, 9.17) is 4.74 Å². The number of benzene rings is 2. The summed E-state index contributed by atoms with van der Waals surface area (Å²) in [5, 5.41) is 51.0. The topological polar surface area (TPSA) is 121 Å². The van der Waals surface area contributed by atoms with Gasteiger partial charge >= 0.3 is 6.18 Å². The predicted molar refractivity (Wildman–Crippen MR) is 150 cm³/mol. The maximum atomic E-state index is 14.3. The fourth-order valence-corrected chi connectivity index (χ4v) is 10.3. The zero-order valence-electron chi connectivity index (χ0n) is 23.7. The van der Waals surface area contributed by atoms with Gasteiger partial charge in [-0.05, 0) is 37.6 Å². The Morgan fingerprint density at radius 3 is 2.39 bits per heavy atom. The van der Waals surface area contributed by atoms with Crippen molar-refractivity contribution in [2.75, 3.05) is 19.0 Å². The Hall–Kier alpha value is -2.69. The van der Waals surface area contributed by atoms with Crippen LogP contribution in [0.5, 0.6) is 0 Å². The van der Waals surface area contributed by atoms with Gasteiger partial charge in [0.25, 0.3) is 0 Å². The molecule has 3 aromatic rings. The Balaban J connectivity index is 1.55. The lowest BCUT2D eigenvalue weighted by molar-refractivity contribution is -0.148. The van der Waals surface area contributed by atoms with E-state index in [2.05, 4.69) is 10.3 Å². The summed E-state index contributed by atoms with van der Waals surface area (Å²) in [6.07, 6.45) is -6.68. The minimum Gasteiger partial charge on any atom is -0.395 e. The number of hydrogen-bond donors (Lipinski definition) is 5. The third-order valence-corrected chi connectivity index (χ3v) is 11.9. The summed E-state index contributed by atoms with van der Waals surface area (Å²) in [4.78, 5) is 0. The van der Waals surface area contributed by atoms with Crippen molar-refractivity contribution in [3.8, 4) is 11.3 Å². The highest BCUT2D eigenvalue weighted by Gasteiger charge is 2.54. The highest BCUT2D eigenvalue weighted by atomic mass is 32.2. The van der Waals surface area contributed by atoms with Crippen LogP contribution in [0.4, 0.5) is 26.3 Å².